The van der Waals surface area contributed by atoms with E-state index >= 15 is 0 Å². The van der Waals surface area contributed by atoms with Gasteiger partial charge in [-0.1, -0.05) is 64.0 Å². The number of rotatable bonds is 2. The van der Waals surface area contributed by atoms with E-state index in [9.17, 15) is 0 Å². The average Bonchev–Trinajstić information content (AvgIpc) is 2.76. The minimum Gasteiger partial charge on any atom is -0.383 e. The molecule has 2 aromatic carbocycles. The van der Waals surface area contributed by atoms with Crippen molar-refractivity contribution in [3.05, 3.63) is 58.6 Å². The fourth-order valence-electron chi connectivity index (χ4n) is 2.38. The first-order chi connectivity index (χ1) is 10.1. The number of nitrogens with zero attached hydrogens (tertiary/aromatic N) is 2. The highest BCUT2D eigenvalue weighted by atomic mass is 79.9. The molecule has 0 radical (unpaired) electrons. The lowest BCUT2D eigenvalue weighted by Crippen LogP contribution is -1.97. The monoisotopic (exact) mass is 341 g/mol. The Morgan fingerprint density at radius 3 is 2.38 bits per heavy atom. The van der Waals surface area contributed by atoms with Crippen LogP contribution in [0.3, 0.4) is 0 Å². The number of benzene rings is 2. The Morgan fingerprint density at radius 1 is 1.05 bits per heavy atom. The highest BCUT2D eigenvalue weighted by Gasteiger charge is 2.18. The molecule has 4 heteroatoms. The molecule has 0 aliphatic carbocycles. The fraction of sp³-hybridized carbons (Fsp3) is 0.118. The molecule has 0 aliphatic rings. The predicted molar refractivity (Wildman–Crippen MR) is 90.9 cm³/mol. The van der Waals surface area contributed by atoms with Gasteiger partial charge in [-0.05, 0) is 18.6 Å². The van der Waals surface area contributed by atoms with Crippen LogP contribution < -0.4 is 5.73 Å². The van der Waals surface area contributed by atoms with E-state index in [1.54, 1.807) is 4.68 Å². The number of nitrogens with two attached hydrogens (primary N) is 1. The first-order valence-corrected chi connectivity index (χ1v) is 7.51. The lowest BCUT2D eigenvalue weighted by Gasteiger charge is -2.06. The van der Waals surface area contributed by atoms with Gasteiger partial charge in [0.05, 0.1) is 5.56 Å². The van der Waals surface area contributed by atoms with Gasteiger partial charge in [0.15, 0.2) is 0 Å². The van der Waals surface area contributed by atoms with Crippen LogP contribution in [0.2, 0.25) is 0 Å². The molecule has 21 heavy (non-hydrogen) atoms. The largest absolute Gasteiger partial charge is 0.383 e. The molecule has 1 aromatic heterocycles. The van der Waals surface area contributed by atoms with Gasteiger partial charge in [-0.15, -0.1) is 0 Å². The summed E-state index contributed by atoms with van der Waals surface area (Å²) in [6, 6.07) is 16.4. The Bertz CT molecular complexity index is 788. The van der Waals surface area contributed by atoms with Crippen LogP contribution >= 0.6 is 15.9 Å². The lowest BCUT2D eigenvalue weighted by molar-refractivity contribution is 0.782. The van der Waals surface area contributed by atoms with Crippen molar-refractivity contribution in [2.24, 2.45) is 7.05 Å². The van der Waals surface area contributed by atoms with Crippen LogP contribution in [0.15, 0.2) is 53.0 Å². The van der Waals surface area contributed by atoms with Gasteiger partial charge in [-0.3, -0.25) is 4.68 Å². The summed E-state index contributed by atoms with van der Waals surface area (Å²) in [5.74, 6) is 0.671. The maximum absolute atomic E-state index is 6.25. The third kappa shape index (κ3) is 2.47. The van der Waals surface area contributed by atoms with Gasteiger partial charge in [-0.2, -0.15) is 5.10 Å². The normalized spacial score (nSPS) is 10.8. The smallest absolute Gasteiger partial charge is 0.129 e. The van der Waals surface area contributed by atoms with Crippen molar-refractivity contribution >= 4 is 21.7 Å². The second kappa shape index (κ2) is 5.37. The first kappa shape index (κ1) is 13.9. The summed E-state index contributed by atoms with van der Waals surface area (Å²) in [5.41, 5.74) is 11.5. The Morgan fingerprint density at radius 2 is 1.71 bits per heavy atom. The van der Waals surface area contributed by atoms with Crippen molar-refractivity contribution in [2.45, 2.75) is 6.92 Å². The van der Waals surface area contributed by atoms with Gasteiger partial charge in [0.1, 0.15) is 11.5 Å². The Labute approximate surface area is 132 Å². The molecule has 0 saturated carbocycles. The van der Waals surface area contributed by atoms with Gasteiger partial charge in [0.25, 0.3) is 0 Å². The van der Waals surface area contributed by atoms with Crippen LogP contribution in [0.1, 0.15) is 5.56 Å². The number of hydrogen-bond donors (Lipinski definition) is 1. The van der Waals surface area contributed by atoms with Crippen molar-refractivity contribution in [1.29, 1.82) is 0 Å². The van der Waals surface area contributed by atoms with E-state index in [-0.39, 0.29) is 0 Å². The number of nitrogen functional groups attached to an aromatic ring is 1. The van der Waals surface area contributed by atoms with Gasteiger partial charge >= 0.3 is 0 Å². The molecular weight excluding hydrogens is 326 g/mol. The van der Waals surface area contributed by atoms with Crippen molar-refractivity contribution in [2.75, 3.05) is 5.73 Å². The summed E-state index contributed by atoms with van der Waals surface area (Å²) in [6.07, 6.45) is 0. The molecule has 0 unspecified atom stereocenters. The number of aryl methyl sites for hydroxylation is 2. The molecule has 0 amide bonds. The van der Waals surface area contributed by atoms with Crippen LogP contribution in [0.5, 0.6) is 0 Å². The molecular formula is C17H16BrN3. The van der Waals surface area contributed by atoms with E-state index in [0.717, 1.165) is 26.9 Å². The molecule has 0 fully saturated rings. The molecule has 0 saturated heterocycles. The van der Waals surface area contributed by atoms with E-state index in [4.69, 9.17) is 5.73 Å². The molecule has 3 aromatic rings. The van der Waals surface area contributed by atoms with Crippen molar-refractivity contribution < 1.29 is 0 Å². The van der Waals surface area contributed by atoms with Gasteiger partial charge < -0.3 is 5.73 Å². The van der Waals surface area contributed by atoms with Crippen LogP contribution in [0, 0.1) is 6.92 Å². The zero-order valence-corrected chi connectivity index (χ0v) is 13.6. The van der Waals surface area contributed by atoms with Gasteiger partial charge in [0.2, 0.25) is 0 Å². The number of anilines is 1. The topological polar surface area (TPSA) is 43.8 Å². The Balaban J connectivity index is 2.26. The summed E-state index contributed by atoms with van der Waals surface area (Å²) >= 11 is 3.60. The summed E-state index contributed by atoms with van der Waals surface area (Å²) in [6.45, 7) is 2.07. The van der Waals surface area contributed by atoms with Crippen LogP contribution in [0.25, 0.3) is 22.4 Å². The van der Waals surface area contributed by atoms with Gasteiger partial charge in [-0.25, -0.2) is 0 Å². The lowest BCUT2D eigenvalue weighted by atomic mass is 10.00. The number of aromatic nitrogens is 2. The van der Waals surface area contributed by atoms with Crippen LogP contribution in [0.4, 0.5) is 5.82 Å². The SMILES string of the molecule is Cc1ccc(-c2c(-c3ccccc3Br)nn(C)c2N)cc1. The van der Waals surface area contributed by atoms with Gasteiger partial charge in [0, 0.05) is 17.1 Å². The maximum atomic E-state index is 6.25. The Hall–Kier alpha value is -2.07. The molecule has 0 bridgehead atoms. The summed E-state index contributed by atoms with van der Waals surface area (Å²) in [4.78, 5) is 0. The van der Waals surface area contributed by atoms with Crippen molar-refractivity contribution in [1.82, 2.24) is 9.78 Å². The zero-order chi connectivity index (χ0) is 15.0. The number of halogens is 1. The molecule has 0 spiro atoms. The second-order valence-electron chi connectivity index (χ2n) is 5.08. The standard InChI is InChI=1S/C17H16BrN3/c1-11-7-9-12(10-8-11)15-16(20-21(2)17(15)19)13-5-3-4-6-14(13)18/h3-10H,19H2,1-2H3. The highest BCUT2D eigenvalue weighted by molar-refractivity contribution is 9.10. The molecule has 3 nitrogen and oxygen atoms in total. The minimum atomic E-state index is 0.671. The molecule has 1 heterocycles. The van der Waals surface area contributed by atoms with E-state index in [0.29, 0.717) is 5.82 Å². The molecule has 2 N–H and O–H groups in total. The third-order valence-corrected chi connectivity index (χ3v) is 4.25. The van der Waals surface area contributed by atoms with E-state index in [1.165, 1.54) is 5.56 Å². The second-order valence-corrected chi connectivity index (χ2v) is 5.93. The minimum absolute atomic E-state index is 0.671. The predicted octanol–water partition coefficient (Wildman–Crippen LogP) is 4.41. The Kier molecular flexibility index (Phi) is 3.55. The first-order valence-electron chi connectivity index (χ1n) is 6.72. The quantitative estimate of drug-likeness (QED) is 0.750. The highest BCUT2D eigenvalue weighted by Crippen LogP contribution is 2.38. The summed E-state index contributed by atoms with van der Waals surface area (Å²) < 4.78 is 2.74. The third-order valence-electron chi connectivity index (χ3n) is 3.56. The summed E-state index contributed by atoms with van der Waals surface area (Å²) in [7, 11) is 1.87. The van der Waals surface area contributed by atoms with Crippen molar-refractivity contribution in [3.8, 4) is 22.4 Å². The molecule has 106 valence electrons. The zero-order valence-electron chi connectivity index (χ0n) is 12.0. The van der Waals surface area contributed by atoms with E-state index < -0.39 is 0 Å². The molecule has 3 rings (SSSR count). The van der Waals surface area contributed by atoms with E-state index in [2.05, 4.69) is 52.2 Å². The van der Waals surface area contributed by atoms with Crippen LogP contribution in [-0.4, -0.2) is 9.78 Å². The summed E-state index contributed by atoms with van der Waals surface area (Å²) in [5, 5.41) is 4.60. The van der Waals surface area contributed by atoms with Crippen molar-refractivity contribution in [3.63, 3.8) is 0 Å². The molecule has 0 aliphatic heterocycles. The number of hydrogen-bond acceptors (Lipinski definition) is 2. The maximum Gasteiger partial charge on any atom is 0.129 e. The van der Waals surface area contributed by atoms with E-state index in [1.807, 2.05) is 31.3 Å². The van der Waals surface area contributed by atoms with Crippen LogP contribution in [-0.2, 0) is 7.05 Å². The fourth-order valence-corrected chi connectivity index (χ4v) is 2.86. The average molecular weight is 342 g/mol. The molecule has 0 atom stereocenters.